The smallest absolute Gasteiger partial charge is 0.146 e. The van der Waals surface area contributed by atoms with Crippen LogP contribution in [-0.2, 0) is 6.54 Å². The summed E-state index contributed by atoms with van der Waals surface area (Å²) in [5, 5.41) is 6.60. The summed E-state index contributed by atoms with van der Waals surface area (Å²) < 4.78 is 0.886. The number of thiophene rings is 1. The summed E-state index contributed by atoms with van der Waals surface area (Å²) in [6, 6.07) is 4.27. The topological polar surface area (TPSA) is 49.8 Å². The highest BCUT2D eigenvalue weighted by Gasteiger charge is 2.08. The SMILES string of the molecule is CCCNc1ncnc(NCc2ccc(C)s2)c1Br. The summed E-state index contributed by atoms with van der Waals surface area (Å²) in [6.07, 6.45) is 2.64. The molecule has 0 radical (unpaired) electrons. The number of rotatable bonds is 6. The third-order valence-corrected chi connectivity index (χ3v) is 4.31. The van der Waals surface area contributed by atoms with E-state index in [1.54, 1.807) is 17.7 Å². The molecule has 0 aromatic carbocycles. The molecule has 0 amide bonds. The molecule has 0 aliphatic rings. The van der Waals surface area contributed by atoms with Gasteiger partial charge in [-0.25, -0.2) is 9.97 Å². The summed E-state index contributed by atoms with van der Waals surface area (Å²) >= 11 is 5.34. The van der Waals surface area contributed by atoms with Gasteiger partial charge >= 0.3 is 0 Å². The Morgan fingerprint density at radius 3 is 2.58 bits per heavy atom. The Kier molecular flexibility index (Phi) is 5.15. The Bertz CT molecular complexity index is 541. The monoisotopic (exact) mass is 340 g/mol. The molecular formula is C13H17BrN4S. The van der Waals surface area contributed by atoms with Crippen LogP contribution in [0.15, 0.2) is 22.9 Å². The molecule has 0 unspecified atom stereocenters. The molecule has 2 aromatic heterocycles. The number of aromatic nitrogens is 2. The van der Waals surface area contributed by atoms with Gasteiger partial charge in [0.1, 0.15) is 22.4 Å². The lowest BCUT2D eigenvalue weighted by molar-refractivity contribution is 0.960. The fourth-order valence-electron chi connectivity index (χ4n) is 1.61. The minimum absolute atomic E-state index is 0.779. The zero-order chi connectivity index (χ0) is 13.7. The largest absolute Gasteiger partial charge is 0.369 e. The lowest BCUT2D eigenvalue weighted by Gasteiger charge is -2.10. The molecule has 2 N–H and O–H groups in total. The van der Waals surface area contributed by atoms with Crippen LogP contribution in [0, 0.1) is 6.92 Å². The van der Waals surface area contributed by atoms with Crippen LogP contribution in [0.1, 0.15) is 23.1 Å². The highest BCUT2D eigenvalue weighted by atomic mass is 79.9. The summed E-state index contributed by atoms with van der Waals surface area (Å²) in [7, 11) is 0. The molecule has 102 valence electrons. The van der Waals surface area contributed by atoms with Crippen LogP contribution in [0.3, 0.4) is 0 Å². The highest BCUT2D eigenvalue weighted by molar-refractivity contribution is 9.10. The highest BCUT2D eigenvalue weighted by Crippen LogP contribution is 2.27. The van der Waals surface area contributed by atoms with Gasteiger partial charge in [0.25, 0.3) is 0 Å². The number of hydrogen-bond donors (Lipinski definition) is 2. The van der Waals surface area contributed by atoms with Crippen molar-refractivity contribution in [2.45, 2.75) is 26.8 Å². The van der Waals surface area contributed by atoms with Gasteiger partial charge in [-0.1, -0.05) is 6.92 Å². The van der Waals surface area contributed by atoms with Gasteiger partial charge in [-0.05, 0) is 41.4 Å². The average Bonchev–Trinajstić information content (AvgIpc) is 2.82. The van der Waals surface area contributed by atoms with E-state index < -0.39 is 0 Å². The first-order valence-corrected chi connectivity index (χ1v) is 7.85. The Labute approximate surface area is 125 Å². The van der Waals surface area contributed by atoms with Gasteiger partial charge in [0.15, 0.2) is 0 Å². The maximum absolute atomic E-state index is 4.26. The Hall–Kier alpha value is -1.14. The molecule has 0 spiro atoms. The molecule has 6 heteroatoms. The van der Waals surface area contributed by atoms with E-state index in [1.807, 2.05) is 0 Å². The molecule has 0 saturated heterocycles. The molecular weight excluding hydrogens is 324 g/mol. The first-order chi connectivity index (χ1) is 9.20. The van der Waals surface area contributed by atoms with Gasteiger partial charge in [0, 0.05) is 16.3 Å². The lowest BCUT2D eigenvalue weighted by atomic mass is 10.4. The van der Waals surface area contributed by atoms with Crippen LogP contribution in [0.5, 0.6) is 0 Å². The second-order valence-corrected chi connectivity index (χ2v) is 6.34. The maximum Gasteiger partial charge on any atom is 0.146 e. The van der Waals surface area contributed by atoms with Crippen molar-refractivity contribution in [1.82, 2.24) is 9.97 Å². The standard InChI is InChI=1S/C13H17BrN4S/c1-3-6-15-12-11(14)13(18-8-17-12)16-7-10-5-4-9(2)19-10/h4-5,8H,3,6-7H2,1-2H3,(H2,15,16,17,18). The molecule has 2 heterocycles. The van der Waals surface area contributed by atoms with Gasteiger partial charge < -0.3 is 10.6 Å². The molecule has 0 saturated carbocycles. The van der Waals surface area contributed by atoms with Crippen molar-refractivity contribution in [3.05, 3.63) is 32.7 Å². The van der Waals surface area contributed by atoms with Gasteiger partial charge in [-0.2, -0.15) is 0 Å². The minimum Gasteiger partial charge on any atom is -0.369 e. The summed E-state index contributed by atoms with van der Waals surface area (Å²) in [4.78, 5) is 11.1. The number of aryl methyl sites for hydroxylation is 1. The molecule has 0 atom stereocenters. The Balaban J connectivity index is 2.03. The van der Waals surface area contributed by atoms with Gasteiger partial charge in [-0.3, -0.25) is 0 Å². The van der Waals surface area contributed by atoms with Crippen molar-refractivity contribution < 1.29 is 0 Å². The van der Waals surface area contributed by atoms with Crippen LogP contribution in [0.2, 0.25) is 0 Å². The maximum atomic E-state index is 4.26. The summed E-state index contributed by atoms with van der Waals surface area (Å²) in [5.74, 6) is 1.65. The zero-order valence-electron chi connectivity index (χ0n) is 11.0. The zero-order valence-corrected chi connectivity index (χ0v) is 13.4. The van der Waals surface area contributed by atoms with E-state index in [0.717, 1.165) is 35.6 Å². The number of nitrogens with one attached hydrogen (secondary N) is 2. The Morgan fingerprint density at radius 1 is 1.21 bits per heavy atom. The average molecular weight is 341 g/mol. The summed E-state index contributed by atoms with van der Waals surface area (Å²) in [6.45, 7) is 5.92. The molecule has 0 aliphatic heterocycles. The van der Waals surface area contributed by atoms with E-state index >= 15 is 0 Å². The first kappa shape index (κ1) is 14.3. The number of hydrogen-bond acceptors (Lipinski definition) is 5. The van der Waals surface area contributed by atoms with E-state index in [0.29, 0.717) is 0 Å². The molecule has 2 rings (SSSR count). The quantitative estimate of drug-likeness (QED) is 0.832. The van der Waals surface area contributed by atoms with Crippen molar-refractivity contribution >= 4 is 38.9 Å². The predicted molar refractivity (Wildman–Crippen MR) is 84.9 cm³/mol. The second-order valence-electron chi connectivity index (χ2n) is 4.18. The molecule has 2 aromatic rings. The fourth-order valence-corrected chi connectivity index (χ4v) is 2.93. The molecule has 19 heavy (non-hydrogen) atoms. The Morgan fingerprint density at radius 2 is 1.95 bits per heavy atom. The van der Waals surface area contributed by atoms with E-state index in [2.05, 4.69) is 62.5 Å². The van der Waals surface area contributed by atoms with Crippen LogP contribution in [0.4, 0.5) is 11.6 Å². The third kappa shape index (κ3) is 3.91. The van der Waals surface area contributed by atoms with Crippen LogP contribution >= 0.6 is 27.3 Å². The number of nitrogens with zero attached hydrogens (tertiary/aromatic N) is 2. The van der Waals surface area contributed by atoms with Crippen molar-refractivity contribution in [3.63, 3.8) is 0 Å². The van der Waals surface area contributed by atoms with E-state index in [9.17, 15) is 0 Å². The van der Waals surface area contributed by atoms with Gasteiger partial charge in [0.2, 0.25) is 0 Å². The van der Waals surface area contributed by atoms with Crippen molar-refractivity contribution in [1.29, 1.82) is 0 Å². The van der Waals surface area contributed by atoms with Crippen molar-refractivity contribution in [2.75, 3.05) is 17.2 Å². The lowest BCUT2D eigenvalue weighted by Crippen LogP contribution is -2.07. The number of anilines is 2. The third-order valence-electron chi connectivity index (χ3n) is 2.56. The van der Waals surface area contributed by atoms with E-state index in [1.165, 1.54) is 9.75 Å². The fraction of sp³-hybridized carbons (Fsp3) is 0.385. The van der Waals surface area contributed by atoms with Gasteiger partial charge in [0.05, 0.1) is 6.54 Å². The normalized spacial score (nSPS) is 10.5. The number of halogens is 1. The first-order valence-electron chi connectivity index (χ1n) is 6.24. The van der Waals surface area contributed by atoms with Crippen molar-refractivity contribution in [2.24, 2.45) is 0 Å². The predicted octanol–water partition coefficient (Wildman–Crippen LogP) is 4.04. The van der Waals surface area contributed by atoms with E-state index in [4.69, 9.17) is 0 Å². The van der Waals surface area contributed by atoms with Gasteiger partial charge in [-0.15, -0.1) is 11.3 Å². The molecule has 0 fully saturated rings. The van der Waals surface area contributed by atoms with Crippen LogP contribution in [0.25, 0.3) is 0 Å². The van der Waals surface area contributed by atoms with E-state index in [-0.39, 0.29) is 0 Å². The van der Waals surface area contributed by atoms with Crippen LogP contribution < -0.4 is 10.6 Å². The molecule has 0 aliphatic carbocycles. The minimum atomic E-state index is 0.779. The second kappa shape index (κ2) is 6.86. The molecule has 0 bridgehead atoms. The van der Waals surface area contributed by atoms with Crippen LogP contribution in [-0.4, -0.2) is 16.5 Å². The van der Waals surface area contributed by atoms with Crippen molar-refractivity contribution in [3.8, 4) is 0 Å². The molecule has 4 nitrogen and oxygen atoms in total. The summed E-state index contributed by atoms with van der Waals surface area (Å²) in [5.41, 5.74) is 0.